The van der Waals surface area contributed by atoms with Gasteiger partial charge in [0.25, 0.3) is 0 Å². The molecule has 0 aliphatic rings. The molecule has 0 saturated carbocycles. The molecule has 0 aliphatic carbocycles. The summed E-state index contributed by atoms with van der Waals surface area (Å²) in [6.07, 6.45) is 1.01. The first-order valence-electron chi connectivity index (χ1n) is 5.24. The van der Waals surface area contributed by atoms with Crippen molar-refractivity contribution in [3.05, 3.63) is 34.6 Å². The summed E-state index contributed by atoms with van der Waals surface area (Å²) in [5, 5.41) is 0.290. The molecule has 0 aliphatic heterocycles. The van der Waals surface area contributed by atoms with Gasteiger partial charge in [-0.2, -0.15) is 0 Å². The lowest BCUT2D eigenvalue weighted by atomic mass is 10.0. The van der Waals surface area contributed by atoms with Crippen LogP contribution in [0, 0.1) is 5.82 Å². The fraction of sp³-hybridized carbons (Fsp3) is 0.417. The molecular weight excluding hydrogens is 229 g/mol. The average molecular weight is 244 g/mol. The summed E-state index contributed by atoms with van der Waals surface area (Å²) < 4.78 is 13.4. The van der Waals surface area contributed by atoms with Crippen LogP contribution >= 0.6 is 11.6 Å². The molecule has 2 N–H and O–H groups in total. The lowest BCUT2D eigenvalue weighted by Gasteiger charge is -2.08. The highest BCUT2D eigenvalue weighted by Gasteiger charge is 2.13. The predicted octanol–water partition coefficient (Wildman–Crippen LogP) is 2.72. The topological polar surface area (TPSA) is 43.1 Å². The third kappa shape index (κ3) is 3.58. The molecule has 1 atom stereocenters. The summed E-state index contributed by atoms with van der Waals surface area (Å²) in [6.45, 7) is 1.91. The van der Waals surface area contributed by atoms with Crippen molar-refractivity contribution in [3.8, 4) is 0 Å². The predicted molar refractivity (Wildman–Crippen MR) is 63.0 cm³/mol. The molecule has 0 amide bonds. The average Bonchev–Trinajstić information content (AvgIpc) is 2.23. The van der Waals surface area contributed by atoms with Crippen LogP contribution < -0.4 is 5.73 Å². The first kappa shape index (κ1) is 13.1. The Balaban J connectivity index is 2.70. The van der Waals surface area contributed by atoms with Gasteiger partial charge in [-0.05, 0) is 18.6 Å². The van der Waals surface area contributed by atoms with Gasteiger partial charge in [-0.1, -0.05) is 24.6 Å². The Kier molecular flexibility index (Phi) is 4.90. The molecule has 0 aromatic heterocycles. The Hall–Kier alpha value is -0.930. The van der Waals surface area contributed by atoms with Crippen LogP contribution in [0.2, 0.25) is 5.02 Å². The van der Waals surface area contributed by atoms with Crippen molar-refractivity contribution in [2.45, 2.75) is 32.2 Å². The molecule has 1 unspecified atom stereocenters. The SMILES string of the molecule is CCC(N)CC(=O)Cc1c(F)cccc1Cl. The van der Waals surface area contributed by atoms with E-state index in [0.717, 1.165) is 6.42 Å². The minimum Gasteiger partial charge on any atom is -0.327 e. The monoisotopic (exact) mass is 243 g/mol. The molecule has 2 nitrogen and oxygen atoms in total. The van der Waals surface area contributed by atoms with Crippen molar-refractivity contribution in [2.24, 2.45) is 5.73 Å². The third-order valence-electron chi connectivity index (χ3n) is 2.45. The number of carbonyl (C=O) groups is 1. The van der Waals surface area contributed by atoms with Crippen molar-refractivity contribution in [3.63, 3.8) is 0 Å². The zero-order chi connectivity index (χ0) is 12.1. The smallest absolute Gasteiger partial charge is 0.138 e. The van der Waals surface area contributed by atoms with Gasteiger partial charge in [-0.3, -0.25) is 4.79 Å². The number of benzene rings is 1. The lowest BCUT2D eigenvalue weighted by Crippen LogP contribution is -2.23. The van der Waals surface area contributed by atoms with Gasteiger partial charge >= 0.3 is 0 Å². The molecule has 0 fully saturated rings. The maximum Gasteiger partial charge on any atom is 0.138 e. The summed E-state index contributed by atoms with van der Waals surface area (Å²) in [5.74, 6) is -0.521. The van der Waals surface area contributed by atoms with Gasteiger partial charge in [0.2, 0.25) is 0 Å². The number of carbonyl (C=O) groups excluding carboxylic acids is 1. The molecule has 16 heavy (non-hydrogen) atoms. The van der Waals surface area contributed by atoms with Crippen LogP contribution in [-0.4, -0.2) is 11.8 Å². The first-order valence-corrected chi connectivity index (χ1v) is 5.62. The van der Waals surface area contributed by atoms with E-state index in [1.54, 1.807) is 6.07 Å². The van der Waals surface area contributed by atoms with Gasteiger partial charge in [-0.15, -0.1) is 0 Å². The van der Waals surface area contributed by atoms with Crippen LogP contribution in [0.25, 0.3) is 0 Å². The fourth-order valence-corrected chi connectivity index (χ4v) is 1.64. The number of ketones is 1. The molecule has 1 aromatic rings. The van der Waals surface area contributed by atoms with Gasteiger partial charge in [0, 0.05) is 29.5 Å². The van der Waals surface area contributed by atoms with Crippen molar-refractivity contribution in [1.29, 1.82) is 0 Å². The minimum absolute atomic E-state index is 0.0131. The summed E-state index contributed by atoms with van der Waals surface area (Å²) in [5.41, 5.74) is 5.92. The summed E-state index contributed by atoms with van der Waals surface area (Å²) >= 11 is 5.82. The lowest BCUT2D eigenvalue weighted by molar-refractivity contribution is -0.118. The fourth-order valence-electron chi connectivity index (χ4n) is 1.41. The minimum atomic E-state index is -0.439. The van der Waals surface area contributed by atoms with Crippen molar-refractivity contribution in [2.75, 3.05) is 0 Å². The first-order chi connectivity index (χ1) is 7.54. The second-order valence-electron chi connectivity index (χ2n) is 3.79. The molecule has 0 radical (unpaired) electrons. The van der Waals surface area contributed by atoms with Crippen molar-refractivity contribution >= 4 is 17.4 Å². The second-order valence-corrected chi connectivity index (χ2v) is 4.20. The summed E-state index contributed by atoms with van der Waals surface area (Å²) in [7, 11) is 0. The molecule has 1 rings (SSSR count). The summed E-state index contributed by atoms with van der Waals surface area (Å²) in [6, 6.07) is 4.24. The Morgan fingerprint density at radius 1 is 1.56 bits per heavy atom. The highest BCUT2D eigenvalue weighted by Crippen LogP contribution is 2.20. The molecule has 1 aromatic carbocycles. The van der Waals surface area contributed by atoms with E-state index < -0.39 is 5.82 Å². The van der Waals surface area contributed by atoms with Crippen LogP contribution in [0.4, 0.5) is 4.39 Å². The van der Waals surface area contributed by atoms with Crippen molar-refractivity contribution in [1.82, 2.24) is 0 Å². The zero-order valence-corrected chi connectivity index (χ0v) is 9.93. The van der Waals surface area contributed by atoms with Crippen molar-refractivity contribution < 1.29 is 9.18 Å². The Labute approximate surface area is 99.6 Å². The normalized spacial score (nSPS) is 12.5. The van der Waals surface area contributed by atoms with Gasteiger partial charge in [-0.25, -0.2) is 4.39 Å². The van der Waals surface area contributed by atoms with E-state index in [1.165, 1.54) is 12.1 Å². The van der Waals surface area contributed by atoms with Gasteiger partial charge in [0.1, 0.15) is 11.6 Å². The Morgan fingerprint density at radius 2 is 2.25 bits per heavy atom. The van der Waals surface area contributed by atoms with Crippen LogP contribution in [-0.2, 0) is 11.2 Å². The second kappa shape index (κ2) is 5.97. The van der Waals surface area contributed by atoms with Gasteiger partial charge in [0.05, 0.1) is 0 Å². The molecule has 0 heterocycles. The molecule has 0 spiro atoms. The number of nitrogens with two attached hydrogens (primary N) is 1. The van der Waals surface area contributed by atoms with E-state index in [-0.39, 0.29) is 30.2 Å². The highest BCUT2D eigenvalue weighted by atomic mass is 35.5. The van der Waals surface area contributed by atoms with E-state index in [1.807, 2.05) is 6.92 Å². The van der Waals surface area contributed by atoms with E-state index in [9.17, 15) is 9.18 Å². The number of halogens is 2. The largest absolute Gasteiger partial charge is 0.327 e. The van der Waals surface area contributed by atoms with Crippen LogP contribution in [0.3, 0.4) is 0 Å². The third-order valence-corrected chi connectivity index (χ3v) is 2.80. The molecule has 0 bridgehead atoms. The number of hydrogen-bond acceptors (Lipinski definition) is 2. The van der Waals surface area contributed by atoms with Crippen LogP contribution in [0.5, 0.6) is 0 Å². The van der Waals surface area contributed by atoms with E-state index in [2.05, 4.69) is 0 Å². The number of Topliss-reactive ketones (excluding diaryl/α,β-unsaturated/α-hetero) is 1. The number of hydrogen-bond donors (Lipinski definition) is 1. The van der Waals surface area contributed by atoms with Gasteiger partial charge < -0.3 is 5.73 Å². The standard InChI is InChI=1S/C12H15ClFNO/c1-2-8(15)6-9(16)7-10-11(13)4-3-5-12(10)14/h3-5,8H,2,6-7,15H2,1H3. The molecule has 88 valence electrons. The molecular formula is C12H15ClFNO. The van der Waals surface area contributed by atoms with Gasteiger partial charge in [0.15, 0.2) is 0 Å². The maximum absolute atomic E-state index is 13.4. The molecule has 0 saturated heterocycles. The zero-order valence-electron chi connectivity index (χ0n) is 9.17. The number of rotatable bonds is 5. The van der Waals surface area contributed by atoms with Crippen LogP contribution in [0.1, 0.15) is 25.3 Å². The summed E-state index contributed by atoms with van der Waals surface area (Å²) in [4.78, 5) is 11.6. The highest BCUT2D eigenvalue weighted by molar-refractivity contribution is 6.31. The molecule has 4 heteroatoms. The quantitative estimate of drug-likeness (QED) is 0.864. The van der Waals surface area contributed by atoms with E-state index >= 15 is 0 Å². The Bertz CT molecular complexity index is 361. The van der Waals surface area contributed by atoms with E-state index in [4.69, 9.17) is 17.3 Å². The van der Waals surface area contributed by atoms with E-state index in [0.29, 0.717) is 5.02 Å². The Morgan fingerprint density at radius 3 is 2.81 bits per heavy atom. The maximum atomic E-state index is 13.4. The van der Waals surface area contributed by atoms with Crippen LogP contribution in [0.15, 0.2) is 18.2 Å².